The van der Waals surface area contributed by atoms with Gasteiger partial charge in [-0.3, -0.25) is 48.8 Å². The van der Waals surface area contributed by atoms with E-state index in [0.717, 1.165) is 5.56 Å². The predicted octanol–water partition coefficient (Wildman–Crippen LogP) is -1.03. The van der Waals surface area contributed by atoms with Crippen LogP contribution in [0.2, 0.25) is 0 Å². The van der Waals surface area contributed by atoms with Gasteiger partial charge in [0, 0.05) is 25.6 Å². The Bertz CT molecular complexity index is 1940. The summed E-state index contributed by atoms with van der Waals surface area (Å²) in [5, 5.41) is 38.9. The first kappa shape index (κ1) is 62.7. The molecule has 0 saturated heterocycles. The van der Waals surface area contributed by atoms with Crippen LogP contribution in [0.3, 0.4) is 0 Å². The third-order valence-electron chi connectivity index (χ3n) is 11.0. The second-order valence-corrected chi connectivity index (χ2v) is 19.4. The number of nitrogens with one attached hydrogen (secondary N) is 9. The molecule has 0 spiro atoms. The highest BCUT2D eigenvalue weighted by Crippen LogP contribution is 2.14. The number of benzene rings is 1. The molecule has 0 aliphatic heterocycles. The maximum Gasteiger partial charge on any atom is 0.245 e. The summed E-state index contributed by atoms with van der Waals surface area (Å²) in [4.78, 5) is 113. The van der Waals surface area contributed by atoms with Crippen LogP contribution in [0.1, 0.15) is 125 Å². The third-order valence-corrected chi connectivity index (χ3v) is 11.0. The van der Waals surface area contributed by atoms with Gasteiger partial charge in [0.15, 0.2) is 5.96 Å². The Morgan fingerprint density at radius 1 is 0.563 bits per heavy atom. The average molecular weight is 1000 g/mol. The number of amidine groups is 1. The van der Waals surface area contributed by atoms with Crippen LogP contribution in [-0.2, 0) is 44.9 Å². The number of aliphatic hydroxyl groups excluding tert-OH is 1. The first-order valence-corrected chi connectivity index (χ1v) is 24.5. The van der Waals surface area contributed by atoms with Crippen molar-refractivity contribution in [2.24, 2.45) is 51.6 Å². The van der Waals surface area contributed by atoms with Crippen molar-refractivity contribution in [3.05, 3.63) is 35.4 Å². The summed E-state index contributed by atoms with van der Waals surface area (Å²) < 4.78 is 0. The number of nitrogen functional groups attached to an aromatic ring is 1. The van der Waals surface area contributed by atoms with Gasteiger partial charge in [-0.25, -0.2) is 0 Å². The Morgan fingerprint density at radius 3 is 1.39 bits per heavy atom. The van der Waals surface area contributed by atoms with Crippen molar-refractivity contribution in [3.8, 4) is 0 Å². The topological polar surface area (TPSA) is 393 Å². The number of carbonyl (C=O) groups excluding carboxylic acids is 8. The standard InChI is InChI=1S/C48H84N14O9/c1-26(2)21-35(59-44(68)36(22-27(3)4)60-45(69)37(23-28(5)6)61-46(70)38(25-63)56-30(9)64)43(67)57-34(14-12-20-54-48(52)53)42(66)62-39(29(7)8)47(71)58-33(13-10-11-19-49)41(65)55-24-31-15-17-32(18-16-31)40(50)51/h15-18,26-29,33-39,63H,10-14,19-25,49H2,1-9H3,(H3,50,51)(H,55,65)(H,56,64)(H,57,67)(H,58,71)(H,59,68)(H,60,69)(H,61,70)(H,62,66)(H4,52,53,54)/t33-,34-,35-,36-,37-,38-,39-/m0/s1. The van der Waals surface area contributed by atoms with E-state index in [-0.39, 0.29) is 81.2 Å². The number of nitrogens with two attached hydrogens (primary N) is 4. The van der Waals surface area contributed by atoms with Crippen LogP contribution in [0.5, 0.6) is 0 Å². The van der Waals surface area contributed by atoms with E-state index in [2.05, 4.69) is 47.5 Å². The number of aliphatic hydroxyl groups is 1. The summed E-state index contributed by atoms with van der Waals surface area (Å²) in [6.45, 7) is 15.5. The molecule has 7 atom stereocenters. The molecule has 0 unspecified atom stereocenters. The lowest BCUT2D eigenvalue weighted by atomic mass is 9.98. The summed E-state index contributed by atoms with van der Waals surface area (Å²) in [5.41, 5.74) is 23.6. The van der Waals surface area contributed by atoms with Crippen LogP contribution in [0, 0.1) is 29.1 Å². The van der Waals surface area contributed by atoms with Gasteiger partial charge in [-0.1, -0.05) is 79.7 Å². The molecule has 8 amide bonds. The minimum absolute atomic E-state index is 0.00865. The van der Waals surface area contributed by atoms with E-state index in [1.807, 2.05) is 41.5 Å². The van der Waals surface area contributed by atoms with Crippen LogP contribution in [-0.4, -0.2) is 126 Å². The second-order valence-electron chi connectivity index (χ2n) is 19.4. The summed E-state index contributed by atoms with van der Waals surface area (Å²) >= 11 is 0. The van der Waals surface area contributed by atoms with Gasteiger partial charge in [0.2, 0.25) is 47.3 Å². The van der Waals surface area contributed by atoms with Crippen molar-refractivity contribution in [1.82, 2.24) is 42.5 Å². The lowest BCUT2D eigenvalue weighted by Gasteiger charge is -2.29. The Hall–Kier alpha value is -6.36. The highest BCUT2D eigenvalue weighted by atomic mass is 16.3. The summed E-state index contributed by atoms with van der Waals surface area (Å²) in [5.74, 6) is -6.45. The molecule has 0 aromatic heterocycles. The number of unbranched alkanes of at least 4 members (excludes halogenated alkanes) is 1. The van der Waals surface area contributed by atoms with E-state index in [1.165, 1.54) is 6.92 Å². The number of carbonyl (C=O) groups is 8. The third kappa shape index (κ3) is 24.9. The number of amides is 8. The van der Waals surface area contributed by atoms with Crippen molar-refractivity contribution < 1.29 is 43.5 Å². The fourth-order valence-corrected chi connectivity index (χ4v) is 7.34. The Morgan fingerprint density at radius 2 is 0.986 bits per heavy atom. The lowest BCUT2D eigenvalue weighted by Crippen LogP contribution is -2.61. The number of aliphatic imine (C=N–C) groups is 1. The predicted molar refractivity (Wildman–Crippen MR) is 272 cm³/mol. The highest BCUT2D eigenvalue weighted by molar-refractivity contribution is 5.98. The number of rotatable bonds is 33. The van der Waals surface area contributed by atoms with E-state index in [4.69, 9.17) is 28.3 Å². The van der Waals surface area contributed by atoms with Crippen molar-refractivity contribution in [3.63, 3.8) is 0 Å². The molecule has 18 N–H and O–H groups in total. The quantitative estimate of drug-likeness (QED) is 0.0228. The molecule has 0 aliphatic rings. The number of hydrogen-bond acceptors (Lipinski definition) is 12. The molecule has 1 rings (SSSR count). The van der Waals surface area contributed by atoms with E-state index >= 15 is 0 Å². The average Bonchev–Trinajstić information content (AvgIpc) is 3.28. The van der Waals surface area contributed by atoms with Crippen molar-refractivity contribution in [2.45, 2.75) is 163 Å². The van der Waals surface area contributed by atoms with Gasteiger partial charge >= 0.3 is 0 Å². The van der Waals surface area contributed by atoms with Crippen LogP contribution in [0.4, 0.5) is 0 Å². The Kier molecular flexibility index (Phi) is 28.7. The molecule has 23 nitrogen and oxygen atoms in total. The van der Waals surface area contributed by atoms with E-state index in [0.29, 0.717) is 24.9 Å². The Balaban J connectivity index is 3.44. The van der Waals surface area contributed by atoms with Crippen molar-refractivity contribution in [1.29, 1.82) is 5.41 Å². The van der Waals surface area contributed by atoms with Crippen LogP contribution in [0.15, 0.2) is 29.3 Å². The number of hydrogen-bond donors (Lipinski definition) is 14. The molecule has 0 aliphatic carbocycles. The van der Waals surface area contributed by atoms with Gasteiger partial charge in [-0.15, -0.1) is 0 Å². The fourth-order valence-electron chi connectivity index (χ4n) is 7.34. The summed E-state index contributed by atoms with van der Waals surface area (Å²) in [6.07, 6.45) is 2.01. The molecule has 0 fully saturated rings. The van der Waals surface area contributed by atoms with Gasteiger partial charge in [-0.2, -0.15) is 0 Å². The monoisotopic (exact) mass is 1000 g/mol. The highest BCUT2D eigenvalue weighted by Gasteiger charge is 2.35. The summed E-state index contributed by atoms with van der Waals surface area (Å²) in [6, 6.07) is -1.50. The van der Waals surface area contributed by atoms with E-state index in [9.17, 15) is 43.5 Å². The molecule has 1 aromatic rings. The minimum atomic E-state index is -1.32. The molecule has 0 radical (unpaired) electrons. The summed E-state index contributed by atoms with van der Waals surface area (Å²) in [7, 11) is 0. The molecule has 400 valence electrons. The normalized spacial score (nSPS) is 14.2. The zero-order valence-corrected chi connectivity index (χ0v) is 43.1. The van der Waals surface area contributed by atoms with Gasteiger partial charge in [0.25, 0.3) is 0 Å². The molecular weight excluding hydrogens is 917 g/mol. The van der Waals surface area contributed by atoms with Crippen LogP contribution in [0.25, 0.3) is 0 Å². The fraction of sp³-hybridized carbons (Fsp3) is 0.667. The smallest absolute Gasteiger partial charge is 0.245 e. The van der Waals surface area contributed by atoms with Gasteiger partial charge in [-0.05, 0) is 87.1 Å². The molecule has 1 aromatic carbocycles. The lowest BCUT2D eigenvalue weighted by molar-refractivity contribution is -0.136. The molecule has 0 heterocycles. The van der Waals surface area contributed by atoms with Gasteiger partial charge < -0.3 is 70.6 Å². The molecule has 0 saturated carbocycles. The Labute approximate surface area is 418 Å². The first-order valence-electron chi connectivity index (χ1n) is 24.5. The zero-order valence-electron chi connectivity index (χ0n) is 43.1. The molecule has 0 bridgehead atoms. The van der Waals surface area contributed by atoms with Gasteiger partial charge in [0.1, 0.15) is 48.1 Å². The van der Waals surface area contributed by atoms with Crippen molar-refractivity contribution in [2.75, 3.05) is 19.7 Å². The molecule has 23 heteroatoms. The molecule has 71 heavy (non-hydrogen) atoms. The van der Waals surface area contributed by atoms with Gasteiger partial charge in [0.05, 0.1) is 6.61 Å². The first-order chi connectivity index (χ1) is 33.3. The minimum Gasteiger partial charge on any atom is -0.394 e. The van der Waals surface area contributed by atoms with E-state index < -0.39 is 102 Å². The van der Waals surface area contributed by atoms with Crippen LogP contribution < -0.4 is 65.5 Å². The number of guanidine groups is 1. The largest absolute Gasteiger partial charge is 0.394 e. The maximum atomic E-state index is 14.3. The van der Waals surface area contributed by atoms with Crippen LogP contribution >= 0.6 is 0 Å². The molecular formula is C48H84N14O9. The SMILES string of the molecule is CC(=O)N[C@@H](CO)C(=O)N[C@@H](CC(C)C)C(=O)N[C@@H](CC(C)C)C(=O)N[C@@H](CC(C)C)C(=O)N[C@@H](CCCN=C(N)N)C(=O)N[C@H](C(=O)N[C@@H](CCCCN)C(=O)NCc1ccc(C(=N)N)cc1)C(C)C. The zero-order chi connectivity index (χ0) is 54.0. The maximum absolute atomic E-state index is 14.3. The number of nitrogens with zero attached hydrogens (tertiary/aromatic N) is 1. The van der Waals surface area contributed by atoms with E-state index in [1.54, 1.807) is 38.1 Å². The second kappa shape index (κ2) is 32.5. The van der Waals surface area contributed by atoms with Crippen molar-refractivity contribution >= 4 is 59.1 Å².